The second kappa shape index (κ2) is 3.74. The monoisotopic (exact) mass is 200 g/mol. The third-order valence-corrected chi connectivity index (χ3v) is 2.85. The van der Waals surface area contributed by atoms with Gasteiger partial charge in [0, 0.05) is 14.1 Å². The minimum absolute atomic E-state index is 0.353. The Morgan fingerprint density at radius 1 is 1.62 bits per heavy atom. The molecule has 1 aromatic heterocycles. The summed E-state index contributed by atoms with van der Waals surface area (Å²) in [6.45, 7) is 1.90. The van der Waals surface area contributed by atoms with E-state index in [-0.39, 0.29) is 0 Å². The van der Waals surface area contributed by atoms with E-state index in [9.17, 15) is 4.79 Å². The van der Waals surface area contributed by atoms with Crippen molar-refractivity contribution in [2.75, 3.05) is 19.0 Å². The van der Waals surface area contributed by atoms with Crippen molar-refractivity contribution >= 4 is 22.4 Å². The summed E-state index contributed by atoms with van der Waals surface area (Å²) in [7, 11) is 3.70. The van der Waals surface area contributed by atoms with Crippen LogP contribution in [0, 0.1) is 0 Å². The van der Waals surface area contributed by atoms with Gasteiger partial charge in [-0.2, -0.15) is 0 Å². The zero-order chi connectivity index (χ0) is 10.0. The lowest BCUT2D eigenvalue weighted by molar-refractivity contribution is 0.0701. The van der Waals surface area contributed by atoms with Crippen LogP contribution in [0.25, 0.3) is 0 Å². The van der Waals surface area contributed by atoms with Gasteiger partial charge < -0.3 is 10.0 Å². The molecular formula is C8H12N2O2S. The molecule has 13 heavy (non-hydrogen) atoms. The number of thiazole rings is 1. The number of aryl methyl sites for hydroxylation is 1. The van der Waals surface area contributed by atoms with Crippen molar-refractivity contribution in [1.82, 2.24) is 4.98 Å². The smallest absolute Gasteiger partial charge is 0.347 e. The van der Waals surface area contributed by atoms with Crippen molar-refractivity contribution < 1.29 is 9.90 Å². The predicted octanol–water partition coefficient (Wildman–Crippen LogP) is 1.47. The van der Waals surface area contributed by atoms with Crippen LogP contribution < -0.4 is 4.90 Å². The van der Waals surface area contributed by atoms with E-state index in [1.807, 2.05) is 25.9 Å². The Bertz CT molecular complexity index is 320. The van der Waals surface area contributed by atoms with Crippen molar-refractivity contribution in [3.63, 3.8) is 0 Å². The largest absolute Gasteiger partial charge is 0.477 e. The van der Waals surface area contributed by atoms with Gasteiger partial charge in [-0.15, -0.1) is 0 Å². The average Bonchev–Trinajstić information content (AvgIpc) is 2.47. The molecule has 0 radical (unpaired) electrons. The van der Waals surface area contributed by atoms with Crippen molar-refractivity contribution in [3.8, 4) is 0 Å². The fraction of sp³-hybridized carbons (Fsp3) is 0.500. The van der Waals surface area contributed by atoms with Crippen LogP contribution in [0.1, 0.15) is 22.3 Å². The van der Waals surface area contributed by atoms with Crippen molar-refractivity contribution in [1.29, 1.82) is 0 Å². The summed E-state index contributed by atoms with van der Waals surface area (Å²) in [5, 5.41) is 9.59. The maximum absolute atomic E-state index is 10.8. The summed E-state index contributed by atoms with van der Waals surface area (Å²) in [6.07, 6.45) is 0.659. The summed E-state index contributed by atoms with van der Waals surface area (Å²) >= 11 is 1.22. The van der Waals surface area contributed by atoms with Gasteiger partial charge >= 0.3 is 5.97 Å². The molecule has 1 N–H and O–H groups in total. The molecule has 0 unspecified atom stereocenters. The van der Waals surface area contributed by atoms with Gasteiger partial charge in [0.25, 0.3) is 0 Å². The van der Waals surface area contributed by atoms with Crippen LogP contribution >= 0.6 is 11.3 Å². The first kappa shape index (κ1) is 9.98. The van der Waals surface area contributed by atoms with Crippen LogP contribution in [-0.4, -0.2) is 30.2 Å². The third-order valence-electron chi connectivity index (χ3n) is 1.60. The van der Waals surface area contributed by atoms with E-state index in [2.05, 4.69) is 4.98 Å². The maximum Gasteiger partial charge on any atom is 0.347 e. The second-order valence-corrected chi connectivity index (χ2v) is 3.80. The molecule has 0 aliphatic carbocycles. The van der Waals surface area contributed by atoms with E-state index >= 15 is 0 Å². The van der Waals surface area contributed by atoms with Crippen LogP contribution in [0.2, 0.25) is 0 Å². The summed E-state index contributed by atoms with van der Waals surface area (Å²) in [5.74, 6) is -0.887. The number of rotatable bonds is 3. The van der Waals surface area contributed by atoms with Crippen molar-refractivity contribution in [2.24, 2.45) is 0 Å². The van der Waals surface area contributed by atoms with E-state index in [0.29, 0.717) is 17.0 Å². The molecule has 0 fully saturated rings. The molecule has 0 aromatic carbocycles. The fourth-order valence-corrected chi connectivity index (χ4v) is 1.85. The van der Waals surface area contributed by atoms with Crippen LogP contribution in [0.15, 0.2) is 0 Å². The quantitative estimate of drug-likeness (QED) is 0.802. The highest BCUT2D eigenvalue weighted by Gasteiger charge is 2.16. The lowest BCUT2D eigenvalue weighted by Gasteiger charge is -2.04. The highest BCUT2D eigenvalue weighted by molar-refractivity contribution is 7.17. The Labute approximate surface area is 80.8 Å². The van der Waals surface area contributed by atoms with E-state index in [4.69, 9.17) is 5.11 Å². The lowest BCUT2D eigenvalue weighted by atomic mass is 10.3. The van der Waals surface area contributed by atoms with Gasteiger partial charge in [-0.3, -0.25) is 0 Å². The molecule has 0 amide bonds. The number of aromatic carboxylic acids is 1. The van der Waals surface area contributed by atoms with E-state index in [0.717, 1.165) is 5.13 Å². The zero-order valence-electron chi connectivity index (χ0n) is 7.87. The first-order chi connectivity index (χ1) is 6.06. The molecule has 0 aliphatic rings. The Kier molecular flexibility index (Phi) is 2.87. The fourth-order valence-electron chi connectivity index (χ4n) is 0.937. The van der Waals surface area contributed by atoms with Crippen molar-refractivity contribution in [3.05, 3.63) is 10.6 Å². The normalized spacial score (nSPS) is 10.1. The molecule has 0 aliphatic heterocycles. The van der Waals surface area contributed by atoms with E-state index in [1.165, 1.54) is 11.3 Å². The molecule has 1 rings (SSSR count). The molecule has 0 spiro atoms. The van der Waals surface area contributed by atoms with E-state index in [1.54, 1.807) is 0 Å². The summed E-state index contributed by atoms with van der Waals surface area (Å²) < 4.78 is 0. The molecule has 0 atom stereocenters. The van der Waals surface area contributed by atoms with Gasteiger partial charge in [0.15, 0.2) is 5.13 Å². The van der Waals surface area contributed by atoms with E-state index < -0.39 is 5.97 Å². The summed E-state index contributed by atoms with van der Waals surface area (Å²) in [6, 6.07) is 0. The number of carboxylic acid groups (broad SMARTS) is 1. The standard InChI is InChI=1S/C8H12N2O2S/c1-4-5-6(7(11)12)13-8(9-5)10(2)3/h4H2,1-3H3,(H,11,12). The van der Waals surface area contributed by atoms with Gasteiger partial charge in [0.05, 0.1) is 5.69 Å². The molecule has 1 heterocycles. The van der Waals surface area contributed by atoms with Crippen LogP contribution in [-0.2, 0) is 6.42 Å². The molecule has 5 heteroatoms. The number of nitrogens with zero attached hydrogens (tertiary/aromatic N) is 2. The topological polar surface area (TPSA) is 53.4 Å². The number of hydrogen-bond acceptors (Lipinski definition) is 4. The second-order valence-electron chi connectivity index (χ2n) is 2.83. The van der Waals surface area contributed by atoms with Gasteiger partial charge in [0.2, 0.25) is 0 Å². The summed E-state index contributed by atoms with van der Waals surface area (Å²) in [5.41, 5.74) is 0.668. The molecular weight excluding hydrogens is 188 g/mol. The number of carbonyl (C=O) groups is 1. The van der Waals surface area contributed by atoms with Gasteiger partial charge in [-0.05, 0) is 6.42 Å². The molecule has 4 nitrogen and oxygen atoms in total. The average molecular weight is 200 g/mol. The predicted molar refractivity (Wildman–Crippen MR) is 52.8 cm³/mol. The molecule has 0 saturated heterocycles. The van der Waals surface area contributed by atoms with Gasteiger partial charge in [-0.1, -0.05) is 18.3 Å². The molecule has 0 saturated carbocycles. The maximum atomic E-state index is 10.8. The number of aromatic nitrogens is 1. The van der Waals surface area contributed by atoms with Crippen LogP contribution in [0.4, 0.5) is 5.13 Å². The number of carboxylic acids is 1. The Morgan fingerprint density at radius 3 is 2.54 bits per heavy atom. The Hall–Kier alpha value is -1.10. The Morgan fingerprint density at radius 2 is 2.23 bits per heavy atom. The van der Waals surface area contributed by atoms with Crippen LogP contribution in [0.5, 0.6) is 0 Å². The first-order valence-electron chi connectivity index (χ1n) is 3.96. The minimum Gasteiger partial charge on any atom is -0.477 e. The molecule has 0 bridgehead atoms. The zero-order valence-corrected chi connectivity index (χ0v) is 8.68. The SMILES string of the molecule is CCc1nc(N(C)C)sc1C(=O)O. The lowest BCUT2D eigenvalue weighted by Crippen LogP contribution is -2.07. The highest BCUT2D eigenvalue weighted by atomic mass is 32.1. The summed E-state index contributed by atoms with van der Waals surface area (Å²) in [4.78, 5) is 17.2. The minimum atomic E-state index is -0.887. The third kappa shape index (κ3) is 1.98. The van der Waals surface area contributed by atoms with Gasteiger partial charge in [0.1, 0.15) is 4.88 Å². The molecule has 1 aromatic rings. The first-order valence-corrected chi connectivity index (χ1v) is 4.78. The van der Waals surface area contributed by atoms with Crippen LogP contribution in [0.3, 0.4) is 0 Å². The number of hydrogen-bond donors (Lipinski definition) is 1. The highest BCUT2D eigenvalue weighted by Crippen LogP contribution is 2.25. The van der Waals surface area contributed by atoms with Crippen molar-refractivity contribution in [2.45, 2.75) is 13.3 Å². The number of anilines is 1. The van der Waals surface area contributed by atoms with Gasteiger partial charge in [-0.25, -0.2) is 9.78 Å². The molecule has 72 valence electrons. The Balaban J connectivity index is 3.11.